The first-order valence-electron chi connectivity index (χ1n) is 10.0. The number of nitrogens with zero attached hydrogens (tertiary/aromatic N) is 2. The van der Waals surface area contributed by atoms with Crippen molar-refractivity contribution in [2.75, 3.05) is 18.5 Å². The van der Waals surface area contributed by atoms with E-state index in [0.29, 0.717) is 30.6 Å². The molecular weight excluding hydrogens is 418 g/mol. The lowest BCUT2D eigenvalue weighted by atomic mass is 10.1. The maximum absolute atomic E-state index is 12.7. The molecule has 0 aromatic heterocycles. The fourth-order valence-electron chi connectivity index (χ4n) is 3.81. The fourth-order valence-corrected chi connectivity index (χ4v) is 5.03. The standard InChI is InChI=1S/C22H23N3O5S/c1-14-9-10-16(12-15(14)2)23-20(26)13-30-22(27)18-7-5-11-25(18)21-17-6-3-4-8-19(17)31(28,29)24-21/h3-4,6,8-10,12,18H,5,7,11,13H2,1-2H3,(H,23,26)/t18-/m1/s1. The smallest absolute Gasteiger partial charge is 0.329 e. The van der Waals surface area contributed by atoms with Crippen LogP contribution in [0.1, 0.15) is 29.5 Å². The molecule has 0 spiro atoms. The maximum atomic E-state index is 12.7. The van der Waals surface area contributed by atoms with Gasteiger partial charge in [0.2, 0.25) is 0 Å². The number of anilines is 1. The van der Waals surface area contributed by atoms with Crippen LogP contribution in [0.15, 0.2) is 51.8 Å². The highest BCUT2D eigenvalue weighted by Gasteiger charge is 2.40. The van der Waals surface area contributed by atoms with E-state index in [0.717, 1.165) is 11.1 Å². The fraction of sp³-hybridized carbons (Fsp3) is 0.318. The third kappa shape index (κ3) is 4.18. The number of benzene rings is 2. The number of nitrogens with one attached hydrogen (secondary N) is 1. The quantitative estimate of drug-likeness (QED) is 0.731. The molecule has 0 aliphatic carbocycles. The zero-order chi connectivity index (χ0) is 22.2. The van der Waals surface area contributed by atoms with Crippen molar-refractivity contribution in [3.63, 3.8) is 0 Å². The number of hydrogen-bond donors (Lipinski definition) is 1. The number of fused-ring (bicyclic) bond motifs is 1. The molecule has 0 saturated carbocycles. The molecule has 2 aromatic carbocycles. The van der Waals surface area contributed by atoms with Gasteiger partial charge in [-0.25, -0.2) is 4.79 Å². The predicted octanol–water partition coefficient (Wildman–Crippen LogP) is 2.40. The van der Waals surface area contributed by atoms with Gasteiger partial charge in [0.15, 0.2) is 12.4 Å². The van der Waals surface area contributed by atoms with Crippen LogP contribution in [0.2, 0.25) is 0 Å². The summed E-state index contributed by atoms with van der Waals surface area (Å²) >= 11 is 0. The number of hydrogen-bond acceptors (Lipinski definition) is 6. The third-order valence-corrected chi connectivity index (χ3v) is 6.87. The van der Waals surface area contributed by atoms with E-state index in [-0.39, 0.29) is 10.7 Å². The van der Waals surface area contributed by atoms with Crippen molar-refractivity contribution in [3.8, 4) is 0 Å². The van der Waals surface area contributed by atoms with Crippen LogP contribution in [-0.4, -0.2) is 50.2 Å². The summed E-state index contributed by atoms with van der Waals surface area (Å²) in [5.41, 5.74) is 3.27. The third-order valence-electron chi connectivity index (χ3n) is 5.55. The summed E-state index contributed by atoms with van der Waals surface area (Å²) in [5.74, 6) is -0.751. The number of rotatable bonds is 4. The highest BCUT2D eigenvalue weighted by Crippen LogP contribution is 2.31. The van der Waals surface area contributed by atoms with Gasteiger partial charge in [0.1, 0.15) is 10.9 Å². The number of carbonyl (C=O) groups is 2. The molecule has 31 heavy (non-hydrogen) atoms. The van der Waals surface area contributed by atoms with E-state index in [1.54, 1.807) is 29.2 Å². The van der Waals surface area contributed by atoms with Crippen LogP contribution in [-0.2, 0) is 24.3 Å². The van der Waals surface area contributed by atoms with Gasteiger partial charge in [0, 0.05) is 17.8 Å². The summed E-state index contributed by atoms with van der Waals surface area (Å²) < 4.78 is 33.8. The van der Waals surface area contributed by atoms with E-state index >= 15 is 0 Å². The Morgan fingerprint density at radius 3 is 2.71 bits per heavy atom. The molecule has 2 aromatic rings. The summed E-state index contributed by atoms with van der Waals surface area (Å²) in [4.78, 5) is 26.7. The average molecular weight is 442 g/mol. The van der Waals surface area contributed by atoms with E-state index in [1.165, 1.54) is 6.07 Å². The average Bonchev–Trinajstić information content (AvgIpc) is 3.32. The lowest BCUT2D eigenvalue weighted by Crippen LogP contribution is -2.42. The van der Waals surface area contributed by atoms with Gasteiger partial charge in [-0.05, 0) is 62.1 Å². The molecule has 0 unspecified atom stereocenters. The molecule has 2 heterocycles. The van der Waals surface area contributed by atoms with Crippen LogP contribution >= 0.6 is 0 Å². The molecule has 162 valence electrons. The van der Waals surface area contributed by atoms with Gasteiger partial charge in [-0.1, -0.05) is 18.2 Å². The molecule has 1 N–H and O–H groups in total. The first-order chi connectivity index (χ1) is 14.8. The second-order valence-corrected chi connectivity index (χ2v) is 9.26. The van der Waals surface area contributed by atoms with Gasteiger partial charge < -0.3 is 15.0 Å². The van der Waals surface area contributed by atoms with Crippen LogP contribution < -0.4 is 5.32 Å². The zero-order valence-corrected chi connectivity index (χ0v) is 18.1. The second-order valence-electron chi connectivity index (χ2n) is 7.69. The van der Waals surface area contributed by atoms with Crippen LogP contribution in [0, 0.1) is 13.8 Å². The van der Waals surface area contributed by atoms with Gasteiger partial charge in [-0.2, -0.15) is 8.42 Å². The SMILES string of the molecule is Cc1ccc(NC(=O)COC(=O)[C@H]2CCCN2C2=NS(=O)(=O)c3ccccc32)cc1C. The number of carbonyl (C=O) groups excluding carboxylic acids is 2. The molecule has 1 atom stereocenters. The molecule has 2 aliphatic rings. The minimum Gasteiger partial charge on any atom is -0.454 e. The molecule has 9 heteroatoms. The number of sulfonamides is 1. The largest absolute Gasteiger partial charge is 0.454 e. The number of ether oxygens (including phenoxy) is 1. The Morgan fingerprint density at radius 1 is 1.16 bits per heavy atom. The van der Waals surface area contributed by atoms with Gasteiger partial charge in [-0.3, -0.25) is 4.79 Å². The van der Waals surface area contributed by atoms with Crippen molar-refractivity contribution in [3.05, 3.63) is 59.2 Å². The number of amidine groups is 1. The lowest BCUT2D eigenvalue weighted by Gasteiger charge is -2.24. The lowest BCUT2D eigenvalue weighted by molar-refractivity contribution is -0.150. The molecule has 0 bridgehead atoms. The van der Waals surface area contributed by atoms with Gasteiger partial charge >= 0.3 is 5.97 Å². The van der Waals surface area contributed by atoms with E-state index in [4.69, 9.17) is 4.74 Å². The molecule has 4 rings (SSSR count). The molecule has 1 fully saturated rings. The monoisotopic (exact) mass is 441 g/mol. The van der Waals surface area contributed by atoms with E-state index in [1.807, 2.05) is 26.0 Å². The van der Waals surface area contributed by atoms with Gasteiger partial charge in [-0.15, -0.1) is 4.40 Å². The van der Waals surface area contributed by atoms with Crippen molar-refractivity contribution in [1.82, 2.24) is 4.90 Å². The van der Waals surface area contributed by atoms with Crippen molar-refractivity contribution < 1.29 is 22.7 Å². The highest BCUT2D eigenvalue weighted by molar-refractivity contribution is 7.90. The summed E-state index contributed by atoms with van der Waals surface area (Å²) in [6.07, 6.45) is 1.19. The molecular formula is C22H23N3O5S. The number of likely N-dealkylation sites (tertiary alicyclic amines) is 1. The Balaban J connectivity index is 1.42. The topological polar surface area (TPSA) is 105 Å². The summed E-state index contributed by atoms with van der Waals surface area (Å²) in [6.45, 7) is 3.99. The van der Waals surface area contributed by atoms with E-state index < -0.39 is 34.5 Å². The van der Waals surface area contributed by atoms with Crippen molar-refractivity contribution >= 4 is 33.4 Å². The first-order valence-corrected chi connectivity index (χ1v) is 11.4. The minimum absolute atomic E-state index is 0.136. The first kappa shape index (κ1) is 21.0. The van der Waals surface area contributed by atoms with E-state index in [2.05, 4.69) is 9.71 Å². The van der Waals surface area contributed by atoms with Crippen molar-refractivity contribution in [2.45, 2.75) is 37.6 Å². The molecule has 8 nitrogen and oxygen atoms in total. The molecule has 1 amide bonds. The number of aryl methyl sites for hydroxylation is 2. The summed E-state index contributed by atoms with van der Waals surface area (Å²) in [6, 6.07) is 11.4. The Morgan fingerprint density at radius 2 is 1.94 bits per heavy atom. The maximum Gasteiger partial charge on any atom is 0.329 e. The minimum atomic E-state index is -3.78. The summed E-state index contributed by atoms with van der Waals surface area (Å²) in [5, 5.41) is 2.71. The number of amides is 1. The Hall–Kier alpha value is -3.20. The van der Waals surface area contributed by atoms with Gasteiger partial charge in [0.05, 0.1) is 0 Å². The number of esters is 1. The van der Waals surface area contributed by atoms with Crippen LogP contribution in [0.5, 0.6) is 0 Å². The Bertz CT molecular complexity index is 1190. The highest BCUT2D eigenvalue weighted by atomic mass is 32.2. The van der Waals surface area contributed by atoms with Crippen LogP contribution in [0.4, 0.5) is 5.69 Å². The Labute approximate surface area is 181 Å². The Kier molecular flexibility index (Phi) is 5.53. The molecule has 2 aliphatic heterocycles. The van der Waals surface area contributed by atoms with Crippen LogP contribution in [0.25, 0.3) is 0 Å². The van der Waals surface area contributed by atoms with Gasteiger partial charge in [0.25, 0.3) is 15.9 Å². The zero-order valence-electron chi connectivity index (χ0n) is 17.3. The molecule has 1 saturated heterocycles. The predicted molar refractivity (Wildman–Crippen MR) is 115 cm³/mol. The normalized spacial score (nSPS) is 19.0. The van der Waals surface area contributed by atoms with Crippen LogP contribution in [0.3, 0.4) is 0 Å². The van der Waals surface area contributed by atoms with E-state index in [9.17, 15) is 18.0 Å². The summed E-state index contributed by atoms with van der Waals surface area (Å²) in [7, 11) is -3.78. The van der Waals surface area contributed by atoms with Crippen molar-refractivity contribution in [2.24, 2.45) is 4.40 Å². The molecule has 0 radical (unpaired) electrons. The second kappa shape index (κ2) is 8.14. The van der Waals surface area contributed by atoms with Crippen molar-refractivity contribution in [1.29, 1.82) is 0 Å².